The van der Waals surface area contributed by atoms with E-state index in [0.29, 0.717) is 5.95 Å². The van der Waals surface area contributed by atoms with Crippen molar-refractivity contribution in [2.45, 2.75) is 0 Å². The standard InChI is InChI=1S/C23H16N8/c1-2-6-20-16(4-1)5-3-7-21(20)31-22-17(13-26-31)12-25-23(29-22)28-18-8-10-19(11-9-18)30-15-24-14-27-30/h1-15H,(H,25,28,29). The molecule has 148 valence electrons. The topological polar surface area (TPSA) is 86.3 Å². The van der Waals surface area contributed by atoms with Crippen LogP contribution in [-0.4, -0.2) is 34.5 Å². The molecule has 31 heavy (non-hydrogen) atoms. The fourth-order valence-corrected chi connectivity index (χ4v) is 3.62. The Balaban J connectivity index is 1.37. The summed E-state index contributed by atoms with van der Waals surface area (Å²) in [6.45, 7) is 0. The summed E-state index contributed by atoms with van der Waals surface area (Å²) in [6.07, 6.45) is 6.74. The van der Waals surface area contributed by atoms with Gasteiger partial charge >= 0.3 is 0 Å². The van der Waals surface area contributed by atoms with Crippen LogP contribution in [0.1, 0.15) is 0 Å². The normalized spacial score (nSPS) is 11.2. The molecule has 3 aromatic carbocycles. The first-order valence-electron chi connectivity index (χ1n) is 9.76. The van der Waals surface area contributed by atoms with Gasteiger partial charge in [0.25, 0.3) is 0 Å². The minimum atomic E-state index is 0.503. The van der Waals surface area contributed by atoms with Crippen molar-refractivity contribution in [1.82, 2.24) is 34.5 Å². The molecule has 0 aliphatic heterocycles. The maximum Gasteiger partial charge on any atom is 0.229 e. The van der Waals surface area contributed by atoms with Gasteiger partial charge in [-0.15, -0.1) is 0 Å². The third-order valence-electron chi connectivity index (χ3n) is 5.11. The molecule has 0 unspecified atom stereocenters. The number of hydrogen-bond donors (Lipinski definition) is 1. The van der Waals surface area contributed by atoms with E-state index in [1.807, 2.05) is 53.2 Å². The quantitative estimate of drug-likeness (QED) is 0.472. The summed E-state index contributed by atoms with van der Waals surface area (Å²) < 4.78 is 3.56. The second kappa shape index (κ2) is 7.03. The van der Waals surface area contributed by atoms with Crippen molar-refractivity contribution >= 4 is 33.4 Å². The molecule has 8 nitrogen and oxygen atoms in total. The number of hydrogen-bond acceptors (Lipinski definition) is 6. The second-order valence-electron chi connectivity index (χ2n) is 7.04. The van der Waals surface area contributed by atoms with Gasteiger partial charge in [0.1, 0.15) is 12.7 Å². The Morgan fingerprint density at radius 3 is 2.52 bits per heavy atom. The molecule has 0 atom stereocenters. The third-order valence-corrected chi connectivity index (χ3v) is 5.11. The number of rotatable bonds is 4. The SMILES string of the molecule is c1ccc2c(-n3ncc4cnc(Nc5ccc(-n6cncn6)cc5)nc43)cccc2c1. The van der Waals surface area contributed by atoms with E-state index < -0.39 is 0 Å². The fraction of sp³-hybridized carbons (Fsp3) is 0. The van der Waals surface area contributed by atoms with Crippen molar-refractivity contribution < 1.29 is 0 Å². The summed E-state index contributed by atoms with van der Waals surface area (Å²) in [7, 11) is 0. The molecule has 0 saturated heterocycles. The Kier molecular flexibility index (Phi) is 3.92. The zero-order chi connectivity index (χ0) is 20.6. The third kappa shape index (κ3) is 3.06. The van der Waals surface area contributed by atoms with Crippen LogP contribution in [0, 0.1) is 0 Å². The maximum absolute atomic E-state index is 4.74. The first-order valence-corrected chi connectivity index (χ1v) is 9.76. The molecule has 8 heteroatoms. The van der Waals surface area contributed by atoms with E-state index in [4.69, 9.17) is 4.98 Å². The van der Waals surface area contributed by atoms with Crippen molar-refractivity contribution in [3.8, 4) is 11.4 Å². The molecule has 6 rings (SSSR count). The molecule has 0 bridgehead atoms. The summed E-state index contributed by atoms with van der Waals surface area (Å²) in [5.74, 6) is 0.503. The molecule has 0 amide bonds. The summed E-state index contributed by atoms with van der Waals surface area (Å²) in [4.78, 5) is 13.2. The predicted octanol–water partition coefficient (Wildman–Crippen LogP) is 4.29. The highest BCUT2D eigenvalue weighted by molar-refractivity contribution is 5.91. The highest BCUT2D eigenvalue weighted by Gasteiger charge is 2.11. The molecule has 0 aliphatic rings. The van der Waals surface area contributed by atoms with E-state index in [1.165, 1.54) is 6.33 Å². The van der Waals surface area contributed by atoms with Crippen LogP contribution in [0.3, 0.4) is 0 Å². The summed E-state index contributed by atoms with van der Waals surface area (Å²) >= 11 is 0. The Hall–Kier alpha value is -4.59. The lowest BCUT2D eigenvalue weighted by atomic mass is 10.1. The van der Waals surface area contributed by atoms with Crippen molar-refractivity contribution in [3.63, 3.8) is 0 Å². The van der Waals surface area contributed by atoms with Gasteiger partial charge in [-0.25, -0.2) is 19.3 Å². The van der Waals surface area contributed by atoms with E-state index in [2.05, 4.69) is 43.7 Å². The average molecular weight is 404 g/mol. The number of benzene rings is 3. The number of nitrogens with zero attached hydrogens (tertiary/aromatic N) is 7. The van der Waals surface area contributed by atoms with E-state index >= 15 is 0 Å². The van der Waals surface area contributed by atoms with Crippen LogP contribution in [0.5, 0.6) is 0 Å². The summed E-state index contributed by atoms with van der Waals surface area (Å²) in [5, 5.41) is 15.1. The number of anilines is 2. The Morgan fingerprint density at radius 1 is 0.774 bits per heavy atom. The lowest BCUT2D eigenvalue weighted by Gasteiger charge is -2.09. The Labute approximate surface area is 176 Å². The second-order valence-corrected chi connectivity index (χ2v) is 7.04. The monoisotopic (exact) mass is 404 g/mol. The van der Waals surface area contributed by atoms with Crippen molar-refractivity contribution in [1.29, 1.82) is 0 Å². The largest absolute Gasteiger partial charge is 0.324 e. The molecular weight excluding hydrogens is 388 g/mol. The van der Waals surface area contributed by atoms with E-state index in [0.717, 1.165) is 38.9 Å². The molecule has 0 spiro atoms. The molecule has 3 heterocycles. The highest BCUT2D eigenvalue weighted by atomic mass is 15.3. The maximum atomic E-state index is 4.74. The van der Waals surface area contributed by atoms with Crippen LogP contribution < -0.4 is 5.32 Å². The first-order chi connectivity index (χ1) is 15.3. The van der Waals surface area contributed by atoms with Gasteiger partial charge in [-0.1, -0.05) is 36.4 Å². The van der Waals surface area contributed by atoms with Crippen LogP contribution >= 0.6 is 0 Å². The summed E-state index contributed by atoms with van der Waals surface area (Å²) in [6, 6.07) is 22.2. The predicted molar refractivity (Wildman–Crippen MR) is 119 cm³/mol. The van der Waals surface area contributed by atoms with Gasteiger partial charge in [0.15, 0.2) is 5.65 Å². The Bertz CT molecular complexity index is 1500. The van der Waals surface area contributed by atoms with Gasteiger partial charge in [0.2, 0.25) is 5.95 Å². The van der Waals surface area contributed by atoms with Gasteiger partial charge in [-0.2, -0.15) is 15.2 Å². The zero-order valence-corrected chi connectivity index (χ0v) is 16.3. The molecule has 1 N–H and O–H groups in total. The summed E-state index contributed by atoms with van der Waals surface area (Å²) in [5.41, 5.74) is 3.52. The molecule has 3 aromatic heterocycles. The van der Waals surface area contributed by atoms with Crippen LogP contribution in [0.25, 0.3) is 33.2 Å². The van der Waals surface area contributed by atoms with E-state index in [-0.39, 0.29) is 0 Å². The van der Waals surface area contributed by atoms with Gasteiger partial charge < -0.3 is 5.32 Å². The van der Waals surface area contributed by atoms with E-state index in [9.17, 15) is 0 Å². The van der Waals surface area contributed by atoms with Crippen LogP contribution in [0.2, 0.25) is 0 Å². The number of fused-ring (bicyclic) bond motifs is 2. The highest BCUT2D eigenvalue weighted by Crippen LogP contribution is 2.25. The van der Waals surface area contributed by atoms with Gasteiger partial charge in [-0.05, 0) is 35.7 Å². The lowest BCUT2D eigenvalue weighted by Crippen LogP contribution is -2.02. The molecule has 6 aromatic rings. The zero-order valence-electron chi connectivity index (χ0n) is 16.3. The van der Waals surface area contributed by atoms with Crippen LogP contribution in [0.4, 0.5) is 11.6 Å². The number of aromatic nitrogens is 7. The molecule has 0 saturated carbocycles. The van der Waals surface area contributed by atoms with Gasteiger partial charge in [0, 0.05) is 17.3 Å². The minimum absolute atomic E-state index is 0.503. The first kappa shape index (κ1) is 17.3. The smallest absolute Gasteiger partial charge is 0.229 e. The van der Waals surface area contributed by atoms with Gasteiger partial charge in [-0.3, -0.25) is 0 Å². The van der Waals surface area contributed by atoms with Crippen molar-refractivity contribution in [2.24, 2.45) is 0 Å². The van der Waals surface area contributed by atoms with E-state index in [1.54, 1.807) is 23.4 Å². The molecule has 0 radical (unpaired) electrons. The number of nitrogens with one attached hydrogen (secondary N) is 1. The van der Waals surface area contributed by atoms with Crippen LogP contribution in [-0.2, 0) is 0 Å². The molecule has 0 aliphatic carbocycles. The lowest BCUT2D eigenvalue weighted by molar-refractivity contribution is 0.879. The average Bonchev–Trinajstić information content (AvgIpc) is 3.50. The van der Waals surface area contributed by atoms with Crippen molar-refractivity contribution in [2.75, 3.05) is 5.32 Å². The minimum Gasteiger partial charge on any atom is -0.324 e. The molecule has 0 fully saturated rings. The van der Waals surface area contributed by atoms with Gasteiger partial charge in [0.05, 0.1) is 23.0 Å². The fourth-order valence-electron chi connectivity index (χ4n) is 3.62. The molecular formula is C23H16N8. The van der Waals surface area contributed by atoms with Crippen molar-refractivity contribution in [3.05, 3.63) is 91.8 Å². The Morgan fingerprint density at radius 2 is 1.65 bits per heavy atom. The van der Waals surface area contributed by atoms with Crippen LogP contribution in [0.15, 0.2) is 91.8 Å².